The average molecular weight is 273 g/mol. The monoisotopic (exact) mass is 273 g/mol. The number of carboxylic acids is 1. The third-order valence-electron chi connectivity index (χ3n) is 3.67. The molecule has 0 bridgehead atoms. The van der Waals surface area contributed by atoms with Crippen LogP contribution in [-0.4, -0.2) is 35.0 Å². The molecule has 1 aromatic heterocycles. The van der Waals surface area contributed by atoms with Gasteiger partial charge in [-0.2, -0.15) is 0 Å². The second kappa shape index (κ2) is 5.00. The maximum atomic E-state index is 12.3. The molecule has 1 unspecified atom stereocenters. The summed E-state index contributed by atoms with van der Waals surface area (Å²) in [7, 11) is 0. The van der Waals surface area contributed by atoms with E-state index in [9.17, 15) is 9.59 Å². The Morgan fingerprint density at radius 2 is 2.15 bits per heavy atom. The van der Waals surface area contributed by atoms with E-state index in [0.717, 1.165) is 11.8 Å². The topological polar surface area (TPSA) is 70.8 Å². The van der Waals surface area contributed by atoms with Crippen molar-refractivity contribution in [2.45, 2.75) is 12.8 Å². The average Bonchev–Trinajstić information content (AvgIpc) is 3.03. The highest BCUT2D eigenvalue weighted by Gasteiger charge is 2.29. The molecule has 1 aliphatic heterocycles. The minimum atomic E-state index is -0.812. The van der Waals surface area contributed by atoms with Gasteiger partial charge in [-0.15, -0.1) is 0 Å². The zero-order valence-electron chi connectivity index (χ0n) is 10.9. The molecular formula is C15H15NO4. The summed E-state index contributed by atoms with van der Waals surface area (Å²) in [5, 5.41) is 9.69. The molecule has 0 aliphatic carbocycles. The Labute approximate surface area is 115 Å². The zero-order valence-corrected chi connectivity index (χ0v) is 10.9. The summed E-state index contributed by atoms with van der Waals surface area (Å²) in [5.41, 5.74) is 0.692. The first-order valence-corrected chi connectivity index (χ1v) is 6.63. The van der Waals surface area contributed by atoms with Crippen LogP contribution in [0, 0.1) is 5.92 Å². The summed E-state index contributed by atoms with van der Waals surface area (Å²) in [6.45, 7) is 1.08. The first kappa shape index (κ1) is 12.7. The molecule has 0 radical (unpaired) electrons. The highest BCUT2D eigenvalue weighted by Crippen LogP contribution is 2.24. The van der Waals surface area contributed by atoms with Crippen LogP contribution in [-0.2, 0) is 4.79 Å². The second-order valence-corrected chi connectivity index (χ2v) is 5.15. The second-order valence-electron chi connectivity index (χ2n) is 5.15. The number of furan rings is 1. The first-order chi connectivity index (χ1) is 9.63. The van der Waals surface area contributed by atoms with Crippen LogP contribution in [0.5, 0.6) is 0 Å². The Morgan fingerprint density at radius 1 is 1.35 bits per heavy atom. The number of carbonyl (C=O) groups excluding carboxylic acids is 1. The maximum absolute atomic E-state index is 12.3. The summed E-state index contributed by atoms with van der Waals surface area (Å²) in [6, 6.07) is 9.21. The van der Waals surface area contributed by atoms with E-state index in [1.54, 1.807) is 11.0 Å². The Balaban J connectivity index is 1.74. The molecule has 2 heterocycles. The number of benzene rings is 1. The van der Waals surface area contributed by atoms with Crippen LogP contribution in [0.3, 0.4) is 0 Å². The van der Waals surface area contributed by atoms with E-state index in [4.69, 9.17) is 9.52 Å². The van der Waals surface area contributed by atoms with E-state index in [1.165, 1.54) is 0 Å². The molecule has 1 amide bonds. The Bertz CT molecular complexity index is 628. The van der Waals surface area contributed by atoms with Gasteiger partial charge < -0.3 is 14.4 Å². The fraction of sp³-hybridized carbons (Fsp3) is 0.333. The molecular weight excluding hydrogens is 258 g/mol. The molecule has 1 fully saturated rings. The third-order valence-corrected chi connectivity index (χ3v) is 3.67. The van der Waals surface area contributed by atoms with Crippen LogP contribution >= 0.6 is 0 Å². The van der Waals surface area contributed by atoms with Crippen molar-refractivity contribution in [1.82, 2.24) is 4.90 Å². The molecule has 1 N–H and O–H groups in total. The summed E-state index contributed by atoms with van der Waals surface area (Å²) in [5.74, 6) is -0.606. The van der Waals surface area contributed by atoms with Gasteiger partial charge >= 0.3 is 5.97 Å². The van der Waals surface area contributed by atoms with Crippen molar-refractivity contribution < 1.29 is 19.1 Å². The first-order valence-electron chi connectivity index (χ1n) is 6.63. The number of rotatable bonds is 3. The summed E-state index contributed by atoms with van der Waals surface area (Å²) in [4.78, 5) is 24.7. The van der Waals surface area contributed by atoms with Crippen molar-refractivity contribution in [3.63, 3.8) is 0 Å². The number of aliphatic carboxylic acids is 1. The number of amides is 1. The lowest BCUT2D eigenvalue weighted by atomic mass is 10.1. The molecule has 1 saturated heterocycles. The molecule has 104 valence electrons. The quantitative estimate of drug-likeness (QED) is 0.932. The normalized spacial score (nSPS) is 18.6. The number of hydrogen-bond donors (Lipinski definition) is 1. The third kappa shape index (κ3) is 2.39. The number of hydrogen-bond acceptors (Lipinski definition) is 3. The Hall–Kier alpha value is -2.30. The summed E-state index contributed by atoms with van der Waals surface area (Å²) in [6.07, 6.45) is 0.849. The minimum Gasteiger partial charge on any atom is -0.481 e. The number of carbonyl (C=O) groups is 2. The minimum absolute atomic E-state index is 0.0424. The van der Waals surface area contributed by atoms with Crippen molar-refractivity contribution in [2.24, 2.45) is 5.92 Å². The highest BCUT2D eigenvalue weighted by atomic mass is 16.4. The van der Waals surface area contributed by atoms with E-state index in [1.807, 2.05) is 24.3 Å². The van der Waals surface area contributed by atoms with Crippen LogP contribution in [0.15, 0.2) is 34.7 Å². The van der Waals surface area contributed by atoms with Crippen LogP contribution < -0.4 is 0 Å². The van der Waals surface area contributed by atoms with Gasteiger partial charge in [0, 0.05) is 24.9 Å². The summed E-state index contributed by atoms with van der Waals surface area (Å²) >= 11 is 0. The standard InChI is InChI=1S/C15H15NO4/c17-14(18)7-10-5-6-16(9-10)15(19)13-8-11-3-1-2-4-12(11)20-13/h1-4,8,10H,5-7,9H2,(H,17,18). The lowest BCUT2D eigenvalue weighted by molar-refractivity contribution is -0.138. The lowest BCUT2D eigenvalue weighted by Crippen LogP contribution is -2.28. The number of fused-ring (bicyclic) bond motifs is 1. The van der Waals surface area contributed by atoms with Gasteiger partial charge in [0.15, 0.2) is 5.76 Å². The van der Waals surface area contributed by atoms with Crippen molar-refractivity contribution in [3.05, 3.63) is 36.1 Å². The smallest absolute Gasteiger partial charge is 0.303 e. The number of para-hydroxylation sites is 1. The largest absolute Gasteiger partial charge is 0.481 e. The van der Waals surface area contributed by atoms with Gasteiger partial charge in [0.2, 0.25) is 0 Å². The van der Waals surface area contributed by atoms with Gasteiger partial charge in [-0.05, 0) is 24.5 Å². The van der Waals surface area contributed by atoms with Crippen LogP contribution in [0.25, 0.3) is 11.0 Å². The van der Waals surface area contributed by atoms with Crippen LogP contribution in [0.2, 0.25) is 0 Å². The molecule has 1 atom stereocenters. The fourth-order valence-electron chi connectivity index (χ4n) is 2.67. The van der Waals surface area contributed by atoms with Gasteiger partial charge in [-0.3, -0.25) is 9.59 Å². The van der Waals surface area contributed by atoms with E-state index in [0.29, 0.717) is 24.4 Å². The van der Waals surface area contributed by atoms with Gasteiger partial charge in [0.05, 0.1) is 0 Å². The van der Waals surface area contributed by atoms with Crippen molar-refractivity contribution in [2.75, 3.05) is 13.1 Å². The van der Waals surface area contributed by atoms with Gasteiger partial charge in [0.25, 0.3) is 5.91 Å². The molecule has 5 heteroatoms. The van der Waals surface area contributed by atoms with Gasteiger partial charge in [-0.1, -0.05) is 18.2 Å². The summed E-state index contributed by atoms with van der Waals surface area (Å²) < 4.78 is 5.55. The van der Waals surface area contributed by atoms with Crippen LogP contribution in [0.1, 0.15) is 23.4 Å². The van der Waals surface area contributed by atoms with E-state index in [2.05, 4.69) is 0 Å². The number of likely N-dealkylation sites (tertiary alicyclic amines) is 1. The van der Waals surface area contributed by atoms with Gasteiger partial charge in [-0.25, -0.2) is 0 Å². The number of nitrogens with zero attached hydrogens (tertiary/aromatic N) is 1. The predicted molar refractivity (Wildman–Crippen MR) is 72.5 cm³/mol. The molecule has 0 saturated carbocycles. The van der Waals surface area contributed by atoms with E-state index >= 15 is 0 Å². The predicted octanol–water partition coefficient (Wildman–Crippen LogP) is 2.37. The number of carboxylic acid groups (broad SMARTS) is 1. The Morgan fingerprint density at radius 3 is 2.90 bits per heavy atom. The zero-order chi connectivity index (χ0) is 14.1. The molecule has 1 aliphatic rings. The fourth-order valence-corrected chi connectivity index (χ4v) is 2.67. The maximum Gasteiger partial charge on any atom is 0.303 e. The lowest BCUT2D eigenvalue weighted by Gasteiger charge is -2.14. The van der Waals surface area contributed by atoms with E-state index < -0.39 is 5.97 Å². The molecule has 20 heavy (non-hydrogen) atoms. The molecule has 3 rings (SSSR count). The van der Waals surface area contributed by atoms with Crippen molar-refractivity contribution in [3.8, 4) is 0 Å². The molecule has 1 aromatic carbocycles. The van der Waals surface area contributed by atoms with Crippen LogP contribution in [0.4, 0.5) is 0 Å². The van der Waals surface area contributed by atoms with Crippen molar-refractivity contribution in [1.29, 1.82) is 0 Å². The van der Waals surface area contributed by atoms with Crippen molar-refractivity contribution >= 4 is 22.8 Å². The molecule has 2 aromatic rings. The highest BCUT2D eigenvalue weighted by molar-refractivity contribution is 5.96. The molecule has 5 nitrogen and oxygen atoms in total. The molecule has 0 spiro atoms. The van der Waals surface area contributed by atoms with E-state index in [-0.39, 0.29) is 18.2 Å². The Kier molecular flexibility index (Phi) is 3.18. The van der Waals surface area contributed by atoms with Gasteiger partial charge in [0.1, 0.15) is 5.58 Å². The SMILES string of the molecule is O=C(O)CC1CCN(C(=O)c2cc3ccccc3o2)C1.